The van der Waals surface area contributed by atoms with Crippen LogP contribution in [0.15, 0.2) is 18.2 Å². The SMILES string of the molecule is CCC(CC)NC(=O)C(C)Nc1ccc(C#N)c(C#N)c1. The average Bonchev–Trinajstić information content (AvgIpc) is 2.51. The summed E-state index contributed by atoms with van der Waals surface area (Å²) in [5.74, 6) is -0.0773. The highest BCUT2D eigenvalue weighted by atomic mass is 16.2. The summed E-state index contributed by atoms with van der Waals surface area (Å²) in [7, 11) is 0. The van der Waals surface area contributed by atoms with E-state index in [-0.39, 0.29) is 11.9 Å². The summed E-state index contributed by atoms with van der Waals surface area (Å²) in [6.07, 6.45) is 1.79. The molecule has 0 saturated heterocycles. The fourth-order valence-electron chi connectivity index (χ4n) is 1.96. The van der Waals surface area contributed by atoms with E-state index < -0.39 is 6.04 Å². The topological polar surface area (TPSA) is 88.7 Å². The van der Waals surface area contributed by atoms with Crippen molar-refractivity contribution in [3.05, 3.63) is 29.3 Å². The number of nitriles is 2. The zero-order chi connectivity index (χ0) is 15.8. The Kier molecular flexibility index (Phi) is 6.23. The molecule has 0 aliphatic heterocycles. The first kappa shape index (κ1) is 16.5. The van der Waals surface area contributed by atoms with Crippen LogP contribution in [0.4, 0.5) is 5.69 Å². The predicted molar refractivity (Wildman–Crippen MR) is 81.5 cm³/mol. The number of rotatable bonds is 6. The molecule has 1 atom stereocenters. The minimum absolute atomic E-state index is 0.0773. The van der Waals surface area contributed by atoms with Gasteiger partial charge in [0.25, 0.3) is 0 Å². The molecule has 0 bridgehead atoms. The molecule has 21 heavy (non-hydrogen) atoms. The van der Waals surface area contributed by atoms with Gasteiger partial charge < -0.3 is 10.6 Å². The Morgan fingerprint density at radius 2 is 1.81 bits per heavy atom. The molecule has 1 unspecified atom stereocenters. The molecule has 0 aliphatic carbocycles. The summed E-state index contributed by atoms with van der Waals surface area (Å²) in [5, 5.41) is 23.9. The van der Waals surface area contributed by atoms with E-state index in [9.17, 15) is 4.79 Å². The van der Waals surface area contributed by atoms with E-state index in [1.807, 2.05) is 26.0 Å². The Bertz CT molecular complexity index is 579. The second-order valence-electron chi connectivity index (χ2n) is 4.87. The molecule has 1 rings (SSSR count). The van der Waals surface area contributed by atoms with Crippen LogP contribution in [0.2, 0.25) is 0 Å². The van der Waals surface area contributed by atoms with Gasteiger partial charge in [0.1, 0.15) is 18.2 Å². The van der Waals surface area contributed by atoms with Crippen molar-refractivity contribution in [3.63, 3.8) is 0 Å². The second-order valence-corrected chi connectivity index (χ2v) is 4.87. The molecule has 2 N–H and O–H groups in total. The van der Waals surface area contributed by atoms with E-state index in [0.29, 0.717) is 16.8 Å². The highest BCUT2D eigenvalue weighted by molar-refractivity contribution is 5.84. The smallest absolute Gasteiger partial charge is 0.242 e. The van der Waals surface area contributed by atoms with Gasteiger partial charge >= 0.3 is 0 Å². The summed E-state index contributed by atoms with van der Waals surface area (Å²) < 4.78 is 0. The zero-order valence-corrected chi connectivity index (χ0v) is 12.6. The number of anilines is 1. The van der Waals surface area contributed by atoms with Gasteiger partial charge in [-0.1, -0.05) is 13.8 Å². The van der Waals surface area contributed by atoms with Gasteiger partial charge in [0, 0.05) is 11.7 Å². The lowest BCUT2D eigenvalue weighted by atomic mass is 10.1. The van der Waals surface area contributed by atoms with E-state index in [0.717, 1.165) is 12.8 Å². The lowest BCUT2D eigenvalue weighted by molar-refractivity contribution is -0.122. The van der Waals surface area contributed by atoms with E-state index in [2.05, 4.69) is 10.6 Å². The van der Waals surface area contributed by atoms with Crippen LogP contribution < -0.4 is 10.6 Å². The number of amides is 1. The Labute approximate surface area is 125 Å². The van der Waals surface area contributed by atoms with Gasteiger partial charge in [0.2, 0.25) is 5.91 Å². The van der Waals surface area contributed by atoms with Crippen LogP contribution in [-0.2, 0) is 4.79 Å². The maximum atomic E-state index is 12.1. The molecule has 1 amide bonds. The van der Waals surface area contributed by atoms with Crippen LogP contribution >= 0.6 is 0 Å². The summed E-state index contributed by atoms with van der Waals surface area (Å²) in [4.78, 5) is 12.1. The van der Waals surface area contributed by atoms with Crippen LogP contribution in [0, 0.1) is 22.7 Å². The van der Waals surface area contributed by atoms with Crippen LogP contribution in [0.25, 0.3) is 0 Å². The van der Waals surface area contributed by atoms with Crippen LogP contribution in [0.1, 0.15) is 44.7 Å². The van der Waals surface area contributed by atoms with Crippen molar-refractivity contribution in [3.8, 4) is 12.1 Å². The van der Waals surface area contributed by atoms with Gasteiger partial charge in [-0.15, -0.1) is 0 Å². The molecule has 110 valence electrons. The molecule has 1 aromatic rings. The molecule has 0 saturated carbocycles. The molecule has 5 heteroatoms. The van der Waals surface area contributed by atoms with Crippen molar-refractivity contribution in [1.29, 1.82) is 10.5 Å². The summed E-state index contributed by atoms with van der Waals surface area (Å²) >= 11 is 0. The number of benzene rings is 1. The largest absolute Gasteiger partial charge is 0.374 e. The quantitative estimate of drug-likeness (QED) is 0.840. The highest BCUT2D eigenvalue weighted by Gasteiger charge is 2.16. The van der Waals surface area contributed by atoms with Crippen molar-refractivity contribution < 1.29 is 4.79 Å². The van der Waals surface area contributed by atoms with Crippen molar-refractivity contribution in [2.75, 3.05) is 5.32 Å². The predicted octanol–water partition coefficient (Wildman–Crippen LogP) is 2.54. The van der Waals surface area contributed by atoms with E-state index >= 15 is 0 Å². The summed E-state index contributed by atoms with van der Waals surface area (Å²) in [5.41, 5.74) is 1.28. The van der Waals surface area contributed by atoms with Gasteiger partial charge in [0.15, 0.2) is 0 Å². The zero-order valence-electron chi connectivity index (χ0n) is 12.6. The number of hydrogen-bond donors (Lipinski definition) is 2. The molecule has 0 heterocycles. The minimum Gasteiger partial charge on any atom is -0.374 e. The highest BCUT2D eigenvalue weighted by Crippen LogP contribution is 2.15. The molecule has 0 fully saturated rings. The van der Waals surface area contributed by atoms with E-state index in [1.54, 1.807) is 25.1 Å². The Morgan fingerprint density at radius 1 is 1.19 bits per heavy atom. The standard InChI is InChI=1S/C16H20N4O/c1-4-14(5-2)20-16(21)11(3)19-15-7-6-12(9-17)13(8-15)10-18/h6-8,11,14,19H,4-5H2,1-3H3,(H,20,21). The molecule has 5 nitrogen and oxygen atoms in total. The number of nitrogens with one attached hydrogen (secondary N) is 2. The first-order chi connectivity index (χ1) is 10.0. The van der Waals surface area contributed by atoms with Gasteiger partial charge in [-0.05, 0) is 38.0 Å². The third-order valence-corrected chi connectivity index (χ3v) is 3.37. The lowest BCUT2D eigenvalue weighted by Crippen LogP contribution is -2.42. The Hall–Kier alpha value is -2.53. The number of nitrogens with zero attached hydrogens (tertiary/aromatic N) is 2. The van der Waals surface area contributed by atoms with Gasteiger partial charge in [-0.2, -0.15) is 10.5 Å². The number of carbonyl (C=O) groups is 1. The molecule has 0 radical (unpaired) electrons. The molecular formula is C16H20N4O. The molecule has 0 aliphatic rings. The fraction of sp³-hybridized carbons (Fsp3) is 0.438. The fourth-order valence-corrected chi connectivity index (χ4v) is 1.96. The van der Waals surface area contributed by atoms with Crippen LogP contribution in [0.5, 0.6) is 0 Å². The van der Waals surface area contributed by atoms with Crippen molar-refractivity contribution in [1.82, 2.24) is 5.32 Å². The number of carbonyl (C=O) groups excluding carboxylic acids is 1. The van der Waals surface area contributed by atoms with Crippen LogP contribution in [0.3, 0.4) is 0 Å². The minimum atomic E-state index is -0.412. The summed E-state index contributed by atoms with van der Waals surface area (Å²) in [6, 6.07) is 8.56. The maximum Gasteiger partial charge on any atom is 0.242 e. The molecule has 0 spiro atoms. The molecular weight excluding hydrogens is 264 g/mol. The van der Waals surface area contributed by atoms with E-state index in [4.69, 9.17) is 10.5 Å². The third-order valence-electron chi connectivity index (χ3n) is 3.37. The van der Waals surface area contributed by atoms with Gasteiger partial charge in [-0.25, -0.2) is 0 Å². The second kappa shape index (κ2) is 7.91. The van der Waals surface area contributed by atoms with Crippen LogP contribution in [-0.4, -0.2) is 18.0 Å². The number of hydrogen-bond acceptors (Lipinski definition) is 4. The van der Waals surface area contributed by atoms with Gasteiger partial charge in [-0.3, -0.25) is 4.79 Å². The lowest BCUT2D eigenvalue weighted by Gasteiger charge is -2.20. The summed E-state index contributed by atoms with van der Waals surface area (Å²) in [6.45, 7) is 5.83. The monoisotopic (exact) mass is 284 g/mol. The van der Waals surface area contributed by atoms with E-state index in [1.165, 1.54) is 0 Å². The Morgan fingerprint density at radius 3 is 2.33 bits per heavy atom. The average molecular weight is 284 g/mol. The first-order valence-electron chi connectivity index (χ1n) is 7.06. The van der Waals surface area contributed by atoms with Gasteiger partial charge in [0.05, 0.1) is 11.1 Å². The molecule has 0 aromatic heterocycles. The van der Waals surface area contributed by atoms with Crippen molar-refractivity contribution in [2.45, 2.75) is 45.7 Å². The third kappa shape index (κ3) is 4.50. The van der Waals surface area contributed by atoms with Crippen molar-refractivity contribution in [2.24, 2.45) is 0 Å². The maximum absolute atomic E-state index is 12.1. The normalized spacial score (nSPS) is 11.3. The first-order valence-corrected chi connectivity index (χ1v) is 7.06. The van der Waals surface area contributed by atoms with Crippen molar-refractivity contribution >= 4 is 11.6 Å². The molecule has 1 aromatic carbocycles. The Balaban J connectivity index is 2.75.